The fraction of sp³-hybridized carbons (Fsp3) is 0.625. The summed E-state index contributed by atoms with van der Waals surface area (Å²) < 4.78 is 11.4. The first-order valence-corrected chi connectivity index (χ1v) is 7.44. The van der Waals surface area contributed by atoms with Crippen molar-refractivity contribution in [2.45, 2.75) is 26.2 Å². The highest BCUT2D eigenvalue weighted by atomic mass is 16.5. The van der Waals surface area contributed by atoms with Gasteiger partial charge in [-0.1, -0.05) is 32.0 Å². The van der Waals surface area contributed by atoms with Crippen LogP contribution in [-0.4, -0.2) is 39.5 Å². The Bertz CT molecular complexity index is 375. The third kappa shape index (κ3) is 4.22. The van der Waals surface area contributed by atoms with Crippen molar-refractivity contribution in [1.29, 1.82) is 0 Å². The van der Waals surface area contributed by atoms with Crippen LogP contribution in [0.3, 0.4) is 0 Å². The Labute approximate surface area is 116 Å². The van der Waals surface area contributed by atoms with Gasteiger partial charge in [-0.2, -0.15) is 0 Å². The Kier molecular flexibility index (Phi) is 5.67. The summed E-state index contributed by atoms with van der Waals surface area (Å²) in [7, 11) is 0. The monoisotopic (exact) mass is 264 g/mol. The van der Waals surface area contributed by atoms with E-state index in [4.69, 9.17) is 9.47 Å². The van der Waals surface area contributed by atoms with E-state index in [9.17, 15) is 0 Å². The molecule has 0 saturated carbocycles. The molecule has 3 heteroatoms. The van der Waals surface area contributed by atoms with E-state index >= 15 is 0 Å². The smallest absolute Gasteiger partial charge is 0.137 e. The van der Waals surface area contributed by atoms with Gasteiger partial charge < -0.3 is 14.4 Å². The van der Waals surface area contributed by atoms with Crippen LogP contribution in [0.25, 0.3) is 0 Å². The molecular formula is C16H26NO2+. The van der Waals surface area contributed by atoms with E-state index in [1.54, 1.807) is 4.90 Å². The van der Waals surface area contributed by atoms with Gasteiger partial charge in [0, 0.05) is 0 Å². The van der Waals surface area contributed by atoms with Crippen LogP contribution in [0.1, 0.15) is 31.7 Å². The number of ether oxygens (including phenoxy) is 2. The van der Waals surface area contributed by atoms with Crippen LogP contribution in [0.4, 0.5) is 0 Å². The predicted molar refractivity (Wildman–Crippen MR) is 77.0 cm³/mol. The molecule has 1 aliphatic rings. The fourth-order valence-electron chi connectivity index (χ4n) is 2.45. The molecule has 0 spiro atoms. The standard InChI is InChI=1S/C16H25NO2/c1-3-14(2)15-6-4-5-7-16(15)19-13-10-17-8-11-18-12-9-17/h4-7,14H,3,8-13H2,1-2H3/p+1/t14-/m0/s1. The quantitative estimate of drug-likeness (QED) is 0.841. The fourth-order valence-corrected chi connectivity index (χ4v) is 2.45. The lowest BCUT2D eigenvalue weighted by atomic mass is 9.98. The second-order valence-electron chi connectivity index (χ2n) is 5.31. The van der Waals surface area contributed by atoms with Gasteiger partial charge in [0.05, 0.1) is 13.2 Å². The summed E-state index contributed by atoms with van der Waals surface area (Å²) in [5.74, 6) is 1.62. The summed E-state index contributed by atoms with van der Waals surface area (Å²) >= 11 is 0. The van der Waals surface area contributed by atoms with Crippen LogP contribution in [0.15, 0.2) is 24.3 Å². The summed E-state index contributed by atoms with van der Waals surface area (Å²) in [4.78, 5) is 1.59. The zero-order valence-electron chi connectivity index (χ0n) is 12.2. The number of para-hydroxylation sites is 1. The van der Waals surface area contributed by atoms with Crippen LogP contribution >= 0.6 is 0 Å². The molecule has 0 bridgehead atoms. The van der Waals surface area contributed by atoms with E-state index in [0.29, 0.717) is 5.92 Å². The van der Waals surface area contributed by atoms with Gasteiger partial charge in [0.15, 0.2) is 0 Å². The first kappa shape index (κ1) is 14.4. The molecule has 1 atom stereocenters. The van der Waals surface area contributed by atoms with Crippen molar-refractivity contribution in [2.75, 3.05) is 39.5 Å². The number of nitrogens with one attached hydrogen (secondary N) is 1. The number of quaternary nitrogens is 1. The van der Waals surface area contributed by atoms with Crippen LogP contribution in [0, 0.1) is 0 Å². The molecule has 1 heterocycles. The SMILES string of the molecule is CC[C@H](C)c1ccccc1OCC[NH+]1CCOCC1. The average molecular weight is 264 g/mol. The molecular weight excluding hydrogens is 238 g/mol. The Balaban J connectivity index is 1.84. The topological polar surface area (TPSA) is 22.9 Å². The summed E-state index contributed by atoms with van der Waals surface area (Å²) in [6.07, 6.45) is 1.15. The van der Waals surface area contributed by atoms with Crippen molar-refractivity contribution in [2.24, 2.45) is 0 Å². The lowest BCUT2D eigenvalue weighted by Crippen LogP contribution is -3.14. The maximum atomic E-state index is 6.00. The summed E-state index contributed by atoms with van der Waals surface area (Å²) in [6, 6.07) is 8.44. The second-order valence-corrected chi connectivity index (χ2v) is 5.31. The molecule has 1 aliphatic heterocycles. The highest BCUT2D eigenvalue weighted by Gasteiger charge is 2.14. The molecule has 0 radical (unpaired) electrons. The van der Waals surface area contributed by atoms with Crippen LogP contribution in [0.5, 0.6) is 5.75 Å². The summed E-state index contributed by atoms with van der Waals surface area (Å²) in [6.45, 7) is 10.3. The molecule has 19 heavy (non-hydrogen) atoms. The predicted octanol–water partition coefficient (Wildman–Crippen LogP) is 1.49. The number of hydrogen-bond acceptors (Lipinski definition) is 2. The van der Waals surface area contributed by atoms with Gasteiger partial charge in [0.25, 0.3) is 0 Å². The minimum atomic E-state index is 0.562. The van der Waals surface area contributed by atoms with E-state index in [-0.39, 0.29) is 0 Å². The third-order valence-corrected chi connectivity index (χ3v) is 3.98. The summed E-state index contributed by atoms with van der Waals surface area (Å²) in [5, 5.41) is 0. The van der Waals surface area contributed by atoms with Crippen molar-refractivity contribution in [3.8, 4) is 5.75 Å². The van der Waals surface area contributed by atoms with Gasteiger partial charge in [0.1, 0.15) is 32.0 Å². The van der Waals surface area contributed by atoms with Gasteiger partial charge in [-0.3, -0.25) is 0 Å². The molecule has 1 aromatic rings. The van der Waals surface area contributed by atoms with E-state index < -0.39 is 0 Å². The van der Waals surface area contributed by atoms with Crippen LogP contribution in [0.2, 0.25) is 0 Å². The molecule has 3 nitrogen and oxygen atoms in total. The Morgan fingerprint density at radius 3 is 2.74 bits per heavy atom. The van der Waals surface area contributed by atoms with E-state index in [2.05, 4.69) is 38.1 Å². The van der Waals surface area contributed by atoms with Crippen molar-refractivity contribution in [1.82, 2.24) is 0 Å². The maximum absolute atomic E-state index is 6.00. The molecule has 106 valence electrons. The molecule has 1 fully saturated rings. The summed E-state index contributed by atoms with van der Waals surface area (Å²) in [5.41, 5.74) is 1.34. The first-order valence-electron chi connectivity index (χ1n) is 7.44. The third-order valence-electron chi connectivity index (χ3n) is 3.98. The Morgan fingerprint density at radius 1 is 1.26 bits per heavy atom. The number of benzene rings is 1. The molecule has 0 aliphatic carbocycles. The van der Waals surface area contributed by atoms with Crippen LogP contribution < -0.4 is 9.64 Å². The van der Waals surface area contributed by atoms with E-state index in [1.807, 2.05) is 0 Å². The van der Waals surface area contributed by atoms with Gasteiger partial charge in [0.2, 0.25) is 0 Å². The van der Waals surface area contributed by atoms with Crippen molar-refractivity contribution in [3.63, 3.8) is 0 Å². The number of rotatable bonds is 6. The highest BCUT2D eigenvalue weighted by Crippen LogP contribution is 2.28. The number of morpholine rings is 1. The zero-order chi connectivity index (χ0) is 13.5. The minimum absolute atomic E-state index is 0.562. The highest BCUT2D eigenvalue weighted by molar-refractivity contribution is 5.35. The molecule has 1 aromatic carbocycles. The number of hydrogen-bond donors (Lipinski definition) is 1. The maximum Gasteiger partial charge on any atom is 0.137 e. The molecule has 0 amide bonds. The van der Waals surface area contributed by atoms with Gasteiger partial charge in [-0.05, 0) is 24.0 Å². The van der Waals surface area contributed by atoms with Gasteiger partial charge in [-0.25, -0.2) is 0 Å². The molecule has 0 aromatic heterocycles. The van der Waals surface area contributed by atoms with Gasteiger partial charge in [-0.15, -0.1) is 0 Å². The lowest BCUT2D eigenvalue weighted by molar-refractivity contribution is -0.908. The molecule has 2 rings (SSSR count). The zero-order valence-corrected chi connectivity index (χ0v) is 12.2. The molecule has 1 N–H and O–H groups in total. The Morgan fingerprint density at radius 2 is 2.00 bits per heavy atom. The van der Waals surface area contributed by atoms with Gasteiger partial charge >= 0.3 is 0 Å². The molecule has 1 saturated heterocycles. The van der Waals surface area contributed by atoms with Crippen molar-refractivity contribution < 1.29 is 14.4 Å². The van der Waals surface area contributed by atoms with Crippen LogP contribution in [-0.2, 0) is 4.74 Å². The first-order chi connectivity index (χ1) is 9.31. The minimum Gasteiger partial charge on any atom is -0.487 e. The normalized spacial score (nSPS) is 18.2. The molecule has 0 unspecified atom stereocenters. The average Bonchev–Trinajstić information content (AvgIpc) is 2.48. The second kappa shape index (κ2) is 7.51. The van der Waals surface area contributed by atoms with E-state index in [0.717, 1.165) is 51.6 Å². The largest absolute Gasteiger partial charge is 0.487 e. The Hall–Kier alpha value is -1.06. The van der Waals surface area contributed by atoms with E-state index in [1.165, 1.54) is 5.56 Å². The lowest BCUT2D eigenvalue weighted by Gasteiger charge is -2.24. The van der Waals surface area contributed by atoms with Crippen molar-refractivity contribution in [3.05, 3.63) is 29.8 Å². The van der Waals surface area contributed by atoms with Crippen molar-refractivity contribution >= 4 is 0 Å².